The number of hydrazine groups is 1. The van der Waals surface area contributed by atoms with Gasteiger partial charge in [0.2, 0.25) is 0 Å². The first-order chi connectivity index (χ1) is 8.63. The Bertz CT molecular complexity index is 394. The molecular formula is C12H16N2O4. The van der Waals surface area contributed by atoms with E-state index in [2.05, 4.69) is 15.6 Å². The number of nitrogens with one attached hydrogen (secondary N) is 2. The largest absolute Gasteiger partial charge is 0.480 e. The molecule has 0 aliphatic heterocycles. The van der Waals surface area contributed by atoms with E-state index >= 15 is 0 Å². The van der Waals surface area contributed by atoms with Crippen molar-refractivity contribution < 1.29 is 19.4 Å². The highest BCUT2D eigenvalue weighted by Crippen LogP contribution is 2.02. The molecule has 0 saturated carbocycles. The number of carbonyl (C=O) groups is 2. The molecule has 0 spiro atoms. The molecule has 1 aromatic carbocycles. The van der Waals surface area contributed by atoms with Gasteiger partial charge in [-0.15, -0.1) is 0 Å². The molecule has 6 nitrogen and oxygen atoms in total. The molecule has 0 radical (unpaired) electrons. The summed E-state index contributed by atoms with van der Waals surface area (Å²) in [6.07, 6.45) is -0.431. The fraction of sp³-hybridized carbons (Fsp3) is 0.333. The molecule has 1 atom stereocenters. The lowest BCUT2D eigenvalue weighted by atomic mass is 10.1. The molecule has 0 heterocycles. The summed E-state index contributed by atoms with van der Waals surface area (Å²) < 4.78 is 4.62. The Labute approximate surface area is 105 Å². The van der Waals surface area contributed by atoms with Crippen molar-refractivity contribution in [2.45, 2.75) is 19.4 Å². The molecule has 0 saturated heterocycles. The number of ether oxygens (including phenoxy) is 1. The third-order valence-corrected chi connectivity index (χ3v) is 2.20. The Morgan fingerprint density at radius 2 is 2.00 bits per heavy atom. The summed E-state index contributed by atoms with van der Waals surface area (Å²) in [5.74, 6) is -1.05. The molecule has 1 rings (SSSR count). The first-order valence-electron chi connectivity index (χ1n) is 5.58. The molecule has 6 heteroatoms. The predicted octanol–water partition coefficient (Wildman–Crippen LogP) is 0.933. The third-order valence-electron chi connectivity index (χ3n) is 2.20. The standard InChI is InChI=1S/C12H16N2O4/c1-2-18-12(17)14-13-10(11(15)16)8-9-6-4-3-5-7-9/h3-7,10,13H,2,8H2,1H3,(H,14,17)(H,15,16)/t10-/m0/s1. The van der Waals surface area contributed by atoms with Crippen LogP contribution in [0.1, 0.15) is 12.5 Å². The highest BCUT2D eigenvalue weighted by molar-refractivity contribution is 5.75. The minimum Gasteiger partial charge on any atom is -0.480 e. The number of rotatable bonds is 6. The molecular weight excluding hydrogens is 236 g/mol. The molecule has 1 amide bonds. The highest BCUT2D eigenvalue weighted by atomic mass is 16.5. The number of hydrogen-bond donors (Lipinski definition) is 3. The normalized spacial score (nSPS) is 11.6. The van der Waals surface area contributed by atoms with Crippen LogP contribution in [0.2, 0.25) is 0 Å². The van der Waals surface area contributed by atoms with Crippen molar-refractivity contribution >= 4 is 12.1 Å². The van der Waals surface area contributed by atoms with Crippen LogP contribution in [0.5, 0.6) is 0 Å². The fourth-order valence-electron chi connectivity index (χ4n) is 1.36. The van der Waals surface area contributed by atoms with Gasteiger partial charge in [-0.2, -0.15) is 0 Å². The van der Waals surface area contributed by atoms with E-state index in [1.165, 1.54) is 0 Å². The minimum atomic E-state index is -1.05. The summed E-state index contributed by atoms with van der Waals surface area (Å²) in [5.41, 5.74) is 5.49. The smallest absolute Gasteiger partial charge is 0.421 e. The molecule has 0 bridgehead atoms. The zero-order valence-corrected chi connectivity index (χ0v) is 10.1. The average Bonchev–Trinajstić information content (AvgIpc) is 2.35. The predicted molar refractivity (Wildman–Crippen MR) is 64.9 cm³/mol. The molecule has 0 fully saturated rings. The van der Waals surface area contributed by atoms with E-state index in [-0.39, 0.29) is 13.0 Å². The maximum Gasteiger partial charge on any atom is 0.421 e. The SMILES string of the molecule is CCOC(=O)NN[C@@H](Cc1ccccc1)C(=O)O. The lowest BCUT2D eigenvalue weighted by Gasteiger charge is -2.15. The van der Waals surface area contributed by atoms with Gasteiger partial charge in [-0.25, -0.2) is 10.2 Å². The maximum atomic E-state index is 11.0. The van der Waals surface area contributed by atoms with Gasteiger partial charge < -0.3 is 9.84 Å². The van der Waals surface area contributed by atoms with Crippen LogP contribution < -0.4 is 10.9 Å². The van der Waals surface area contributed by atoms with Crippen molar-refractivity contribution in [3.8, 4) is 0 Å². The van der Waals surface area contributed by atoms with Crippen LogP contribution in [-0.4, -0.2) is 29.8 Å². The fourth-order valence-corrected chi connectivity index (χ4v) is 1.36. The van der Waals surface area contributed by atoms with Crippen LogP contribution in [0.4, 0.5) is 4.79 Å². The van der Waals surface area contributed by atoms with E-state index in [1.807, 2.05) is 30.3 Å². The molecule has 18 heavy (non-hydrogen) atoms. The molecule has 3 N–H and O–H groups in total. The zero-order chi connectivity index (χ0) is 13.4. The Morgan fingerprint density at radius 3 is 2.56 bits per heavy atom. The lowest BCUT2D eigenvalue weighted by molar-refractivity contribution is -0.139. The average molecular weight is 252 g/mol. The first-order valence-corrected chi connectivity index (χ1v) is 5.58. The van der Waals surface area contributed by atoms with Crippen molar-refractivity contribution in [3.63, 3.8) is 0 Å². The van der Waals surface area contributed by atoms with Crippen LogP contribution in [0.15, 0.2) is 30.3 Å². The Balaban J connectivity index is 2.51. The zero-order valence-electron chi connectivity index (χ0n) is 10.1. The van der Waals surface area contributed by atoms with Crippen LogP contribution >= 0.6 is 0 Å². The van der Waals surface area contributed by atoms with Crippen LogP contribution in [0.25, 0.3) is 0 Å². The molecule has 0 aromatic heterocycles. The number of aliphatic carboxylic acids is 1. The topological polar surface area (TPSA) is 87.7 Å². The minimum absolute atomic E-state index is 0.226. The lowest BCUT2D eigenvalue weighted by Crippen LogP contribution is -2.49. The van der Waals surface area contributed by atoms with Crippen molar-refractivity contribution in [2.24, 2.45) is 0 Å². The van der Waals surface area contributed by atoms with E-state index in [4.69, 9.17) is 5.11 Å². The van der Waals surface area contributed by atoms with E-state index in [1.54, 1.807) is 6.92 Å². The number of benzene rings is 1. The molecule has 0 aliphatic rings. The van der Waals surface area contributed by atoms with Gasteiger partial charge >= 0.3 is 12.1 Å². The van der Waals surface area contributed by atoms with Gasteiger partial charge in [-0.05, 0) is 12.5 Å². The van der Waals surface area contributed by atoms with Crippen molar-refractivity contribution in [1.29, 1.82) is 0 Å². The van der Waals surface area contributed by atoms with Gasteiger partial charge in [0.25, 0.3) is 0 Å². The van der Waals surface area contributed by atoms with E-state index < -0.39 is 18.1 Å². The number of amides is 1. The summed E-state index contributed by atoms with van der Waals surface area (Å²) >= 11 is 0. The quantitative estimate of drug-likeness (QED) is 0.656. The van der Waals surface area contributed by atoms with Crippen molar-refractivity contribution in [2.75, 3.05) is 6.61 Å². The van der Waals surface area contributed by atoms with Gasteiger partial charge in [-0.1, -0.05) is 30.3 Å². The van der Waals surface area contributed by atoms with Gasteiger partial charge in [0.05, 0.1) is 6.61 Å². The summed E-state index contributed by atoms with van der Waals surface area (Å²) in [4.78, 5) is 22.1. The monoisotopic (exact) mass is 252 g/mol. The van der Waals surface area contributed by atoms with Crippen LogP contribution in [0, 0.1) is 0 Å². The number of carboxylic acid groups (broad SMARTS) is 1. The Kier molecular flexibility index (Phi) is 5.66. The van der Waals surface area contributed by atoms with E-state index in [9.17, 15) is 9.59 Å². The van der Waals surface area contributed by atoms with Gasteiger partial charge in [0, 0.05) is 6.42 Å². The van der Waals surface area contributed by atoms with Crippen molar-refractivity contribution in [1.82, 2.24) is 10.9 Å². The number of hydrogen-bond acceptors (Lipinski definition) is 4. The summed E-state index contributed by atoms with van der Waals surface area (Å²) in [6.45, 7) is 1.89. The van der Waals surface area contributed by atoms with Crippen LogP contribution in [-0.2, 0) is 16.0 Å². The molecule has 98 valence electrons. The van der Waals surface area contributed by atoms with E-state index in [0.717, 1.165) is 5.56 Å². The summed E-state index contributed by atoms with van der Waals surface area (Å²) in [6, 6.07) is 8.24. The Morgan fingerprint density at radius 1 is 1.33 bits per heavy atom. The molecule has 0 unspecified atom stereocenters. The number of carboxylic acids is 1. The third kappa shape index (κ3) is 4.84. The van der Waals surface area contributed by atoms with Gasteiger partial charge in [0.1, 0.15) is 6.04 Å². The highest BCUT2D eigenvalue weighted by Gasteiger charge is 2.18. The van der Waals surface area contributed by atoms with Crippen molar-refractivity contribution in [3.05, 3.63) is 35.9 Å². The van der Waals surface area contributed by atoms with E-state index in [0.29, 0.717) is 0 Å². The van der Waals surface area contributed by atoms with Gasteiger partial charge in [-0.3, -0.25) is 10.2 Å². The maximum absolute atomic E-state index is 11.0. The number of carbonyl (C=O) groups excluding carboxylic acids is 1. The first kappa shape index (κ1) is 14.0. The second-order valence-electron chi connectivity index (χ2n) is 3.57. The second-order valence-corrected chi connectivity index (χ2v) is 3.57. The molecule has 0 aliphatic carbocycles. The molecule has 1 aromatic rings. The summed E-state index contributed by atoms with van der Waals surface area (Å²) in [7, 11) is 0. The second kappa shape index (κ2) is 7.29. The van der Waals surface area contributed by atoms with Crippen LogP contribution in [0.3, 0.4) is 0 Å². The Hall–Kier alpha value is -2.08. The summed E-state index contributed by atoms with van der Waals surface area (Å²) in [5, 5.41) is 9.02. The van der Waals surface area contributed by atoms with Gasteiger partial charge in [0.15, 0.2) is 0 Å².